The molecule has 0 bridgehead atoms. The molecule has 0 aliphatic heterocycles. The van der Waals surface area contributed by atoms with Gasteiger partial charge in [0.25, 0.3) is 0 Å². The van der Waals surface area contributed by atoms with Crippen LogP contribution in [0.15, 0.2) is 36.4 Å². The average molecular weight is 415 g/mol. The second-order valence-electron chi connectivity index (χ2n) is 5.92. The van der Waals surface area contributed by atoms with Gasteiger partial charge in [0.1, 0.15) is 0 Å². The van der Waals surface area contributed by atoms with Crippen LogP contribution in [0.1, 0.15) is 43.0 Å². The molecule has 0 spiro atoms. The molecule has 3 heteroatoms. The molecule has 2 rings (SSSR count). The summed E-state index contributed by atoms with van der Waals surface area (Å²) < 4.78 is 28.1. The molecule has 120 valence electrons. The minimum atomic E-state index is -0.230. The molecule has 0 saturated heterocycles. The van der Waals surface area contributed by atoms with E-state index in [9.17, 15) is 8.78 Å². The van der Waals surface area contributed by atoms with Crippen LogP contribution in [0.3, 0.4) is 0 Å². The Balaban J connectivity index is 2.22. The van der Waals surface area contributed by atoms with Crippen LogP contribution in [-0.2, 0) is 14.3 Å². The Bertz CT molecular complexity index is 662. The molecule has 0 aliphatic carbocycles. The first-order chi connectivity index (χ1) is 10.3. The second-order valence-corrected chi connectivity index (χ2v) is 10.1. The van der Waals surface area contributed by atoms with Crippen LogP contribution in [-0.4, -0.2) is 0 Å². The van der Waals surface area contributed by atoms with E-state index in [-0.39, 0.29) is 36.3 Å². The minimum absolute atomic E-state index is 0.0384. The van der Waals surface area contributed by atoms with Crippen LogP contribution in [0.2, 0.25) is 0 Å². The van der Waals surface area contributed by atoms with Gasteiger partial charge in [0, 0.05) is 0 Å². The van der Waals surface area contributed by atoms with Gasteiger partial charge in [-0.1, -0.05) is 0 Å². The molecule has 0 N–H and O–H groups in total. The summed E-state index contributed by atoms with van der Waals surface area (Å²) in [5, 5.41) is 0. The topological polar surface area (TPSA) is 0 Å². The van der Waals surface area contributed by atoms with E-state index >= 15 is 0 Å². The molecule has 2 aromatic carbocycles. The van der Waals surface area contributed by atoms with Gasteiger partial charge in [-0.2, -0.15) is 0 Å². The van der Waals surface area contributed by atoms with Gasteiger partial charge in [0.15, 0.2) is 0 Å². The third-order valence-corrected chi connectivity index (χ3v) is 7.70. The van der Waals surface area contributed by atoms with Gasteiger partial charge < -0.3 is 0 Å². The number of aryl methyl sites for hydroxylation is 1. The van der Waals surface area contributed by atoms with Crippen molar-refractivity contribution in [3.8, 4) is 0 Å². The standard InChI is InChI=1S/C19H22F2I/c1-5-14-11-16(20)9-10-17(14)19(3,4)22-12-15-7-6-8-18(21)13(15)2/h6-11H,5,12H2,1-4H3/q-1. The summed E-state index contributed by atoms with van der Waals surface area (Å²) in [7, 11) is 0. The van der Waals surface area contributed by atoms with Crippen LogP contribution in [0, 0.1) is 18.6 Å². The molecular weight excluding hydrogens is 393 g/mol. The number of benzene rings is 2. The average Bonchev–Trinajstić information content (AvgIpc) is 2.48. The van der Waals surface area contributed by atoms with E-state index in [1.165, 1.54) is 11.6 Å². The number of hydrogen-bond acceptors (Lipinski definition) is 0. The number of hydrogen-bond donors (Lipinski definition) is 0. The number of halogens is 3. The Morgan fingerprint density at radius 1 is 1.05 bits per heavy atom. The molecular formula is C19H22F2I-. The molecule has 0 aliphatic rings. The third kappa shape index (κ3) is 3.86. The summed E-state index contributed by atoms with van der Waals surface area (Å²) in [6.07, 6.45) is 0.833. The van der Waals surface area contributed by atoms with Crippen molar-refractivity contribution in [3.63, 3.8) is 0 Å². The number of rotatable bonds is 5. The van der Waals surface area contributed by atoms with Crippen molar-refractivity contribution in [1.29, 1.82) is 0 Å². The molecule has 0 unspecified atom stereocenters. The SMILES string of the molecule is CCc1cc(F)ccc1C(C)(C)[I-]Cc1cccc(F)c1C. The zero-order chi connectivity index (χ0) is 16.3. The van der Waals surface area contributed by atoms with Crippen LogP contribution in [0.5, 0.6) is 0 Å². The maximum absolute atomic E-state index is 13.7. The molecule has 0 nitrogen and oxygen atoms in total. The van der Waals surface area contributed by atoms with E-state index in [0.29, 0.717) is 0 Å². The molecule has 2 aromatic rings. The van der Waals surface area contributed by atoms with E-state index in [1.807, 2.05) is 19.1 Å². The Morgan fingerprint density at radius 2 is 1.77 bits per heavy atom. The zero-order valence-electron chi connectivity index (χ0n) is 13.5. The molecule has 0 aromatic heterocycles. The summed E-state index contributed by atoms with van der Waals surface area (Å²) in [6.45, 7) is 8.35. The van der Waals surface area contributed by atoms with Crippen LogP contribution >= 0.6 is 0 Å². The first-order valence-electron chi connectivity index (χ1n) is 7.48. The normalized spacial score (nSPS) is 11.9. The monoisotopic (exact) mass is 415 g/mol. The van der Waals surface area contributed by atoms with Crippen molar-refractivity contribution in [1.82, 2.24) is 0 Å². The zero-order valence-corrected chi connectivity index (χ0v) is 15.7. The van der Waals surface area contributed by atoms with Crippen molar-refractivity contribution >= 4 is 0 Å². The molecule has 0 atom stereocenters. The summed E-state index contributed by atoms with van der Waals surface area (Å²) in [5.74, 6) is -0.300. The van der Waals surface area contributed by atoms with E-state index in [0.717, 1.165) is 27.5 Å². The van der Waals surface area contributed by atoms with Gasteiger partial charge in [-0.15, -0.1) is 0 Å². The Kier molecular flexibility index (Phi) is 5.59. The Morgan fingerprint density at radius 3 is 2.45 bits per heavy atom. The first kappa shape index (κ1) is 17.4. The summed E-state index contributed by atoms with van der Waals surface area (Å²) in [6, 6.07) is 10.4. The van der Waals surface area contributed by atoms with E-state index in [2.05, 4.69) is 20.8 Å². The second kappa shape index (κ2) is 7.07. The fourth-order valence-electron chi connectivity index (χ4n) is 2.54. The Labute approximate surface area is 142 Å². The van der Waals surface area contributed by atoms with Gasteiger partial charge in [-0.05, 0) is 0 Å². The van der Waals surface area contributed by atoms with E-state index in [1.54, 1.807) is 18.2 Å². The predicted molar refractivity (Wildman–Crippen MR) is 83.6 cm³/mol. The van der Waals surface area contributed by atoms with Crippen molar-refractivity contribution in [2.24, 2.45) is 0 Å². The Hall–Kier alpha value is -0.970. The van der Waals surface area contributed by atoms with Crippen LogP contribution in [0.25, 0.3) is 0 Å². The van der Waals surface area contributed by atoms with Crippen LogP contribution < -0.4 is 21.2 Å². The third-order valence-electron chi connectivity index (χ3n) is 4.01. The summed E-state index contributed by atoms with van der Waals surface area (Å²) >= 11 is -0.230. The van der Waals surface area contributed by atoms with Crippen molar-refractivity contribution < 1.29 is 30.0 Å². The van der Waals surface area contributed by atoms with Gasteiger partial charge in [0.05, 0.1) is 0 Å². The van der Waals surface area contributed by atoms with Gasteiger partial charge in [-0.25, -0.2) is 0 Å². The molecule has 0 heterocycles. The van der Waals surface area contributed by atoms with E-state index < -0.39 is 0 Å². The fourth-order valence-corrected chi connectivity index (χ4v) is 5.67. The number of alkyl halides is 2. The van der Waals surface area contributed by atoms with Gasteiger partial charge >= 0.3 is 142 Å². The molecule has 0 saturated carbocycles. The first-order valence-corrected chi connectivity index (χ1v) is 10.1. The predicted octanol–water partition coefficient (Wildman–Crippen LogP) is 2.36. The summed E-state index contributed by atoms with van der Waals surface area (Å²) in [4.78, 5) is 0. The molecule has 0 fully saturated rings. The van der Waals surface area contributed by atoms with E-state index in [4.69, 9.17) is 0 Å². The maximum atomic E-state index is 13.7. The fraction of sp³-hybridized carbons (Fsp3) is 0.368. The van der Waals surface area contributed by atoms with Crippen molar-refractivity contribution in [2.75, 3.05) is 0 Å². The molecule has 22 heavy (non-hydrogen) atoms. The van der Waals surface area contributed by atoms with Crippen LogP contribution in [0.4, 0.5) is 8.78 Å². The molecule has 0 amide bonds. The molecule has 0 radical (unpaired) electrons. The van der Waals surface area contributed by atoms with Crippen molar-refractivity contribution in [3.05, 3.63) is 70.3 Å². The van der Waals surface area contributed by atoms with Crippen molar-refractivity contribution in [2.45, 2.75) is 42.0 Å². The van der Waals surface area contributed by atoms with Gasteiger partial charge in [-0.3, -0.25) is 0 Å². The van der Waals surface area contributed by atoms with Gasteiger partial charge in [0.2, 0.25) is 0 Å². The summed E-state index contributed by atoms with van der Waals surface area (Å²) in [5.41, 5.74) is 4.17. The quantitative estimate of drug-likeness (QED) is 0.520.